The number of hydrogen-bond acceptors (Lipinski definition) is 7. The number of hydrogen-bond donors (Lipinski definition) is 0. The number of fused-ring (bicyclic) bond motifs is 1. The average Bonchev–Trinajstić information content (AvgIpc) is 3.36. The van der Waals surface area contributed by atoms with Gasteiger partial charge in [-0.1, -0.05) is 29.5 Å². The first-order chi connectivity index (χ1) is 18.1. The molecule has 0 bridgehead atoms. The van der Waals surface area contributed by atoms with Crippen LogP contribution < -0.4 is 4.90 Å². The van der Waals surface area contributed by atoms with Crippen LogP contribution in [-0.4, -0.2) is 53.9 Å². The number of nitrogens with zero attached hydrogens (tertiary/aromatic N) is 4. The number of aryl methyl sites for hydroxylation is 2. The summed E-state index contributed by atoms with van der Waals surface area (Å²) in [6.07, 6.45) is 1.32. The number of rotatable bonds is 6. The summed E-state index contributed by atoms with van der Waals surface area (Å²) in [6, 6.07) is 15.8. The van der Waals surface area contributed by atoms with Crippen LogP contribution in [0.3, 0.4) is 0 Å². The SMILES string of the molecule is Cc1ccc(C)c2sc(N(Cc3ccccn3)C(=O)c3ccc(S(=O)(=O)N4CC(C)OC(C)C4)cc3)nc12. The third kappa shape index (κ3) is 5.22. The number of morpholine rings is 1. The number of amides is 1. The fourth-order valence-corrected chi connectivity index (χ4v) is 7.34. The molecule has 2 aromatic carbocycles. The van der Waals surface area contributed by atoms with Crippen molar-refractivity contribution in [2.75, 3.05) is 18.0 Å². The maximum atomic E-state index is 13.8. The van der Waals surface area contributed by atoms with Crippen LogP contribution >= 0.6 is 11.3 Å². The Balaban J connectivity index is 1.48. The van der Waals surface area contributed by atoms with Crippen molar-refractivity contribution in [1.82, 2.24) is 14.3 Å². The standard InChI is InChI=1S/C28H30N4O4S2/c1-18-8-9-19(2)26-25(18)30-28(37-26)32(17-23-7-5-6-14-29-23)27(33)22-10-12-24(13-11-22)38(34,35)31-15-20(3)36-21(4)16-31/h5-14,20-21H,15-17H2,1-4H3. The summed E-state index contributed by atoms with van der Waals surface area (Å²) in [5.41, 5.74) is 4.11. The Morgan fingerprint density at radius 1 is 1.03 bits per heavy atom. The maximum absolute atomic E-state index is 13.8. The summed E-state index contributed by atoms with van der Waals surface area (Å²) >= 11 is 1.47. The topological polar surface area (TPSA) is 92.7 Å². The number of sulfonamides is 1. The average molecular weight is 551 g/mol. The molecule has 0 aliphatic carbocycles. The number of anilines is 1. The highest BCUT2D eigenvalue weighted by molar-refractivity contribution is 7.89. The summed E-state index contributed by atoms with van der Waals surface area (Å²) in [7, 11) is -3.71. The second-order valence-corrected chi connectivity index (χ2v) is 12.6. The van der Waals surface area contributed by atoms with Crippen molar-refractivity contribution in [2.45, 2.75) is 51.3 Å². The van der Waals surface area contributed by atoms with Crippen molar-refractivity contribution in [3.8, 4) is 0 Å². The normalized spacial score (nSPS) is 18.5. The molecule has 10 heteroatoms. The van der Waals surface area contributed by atoms with E-state index in [2.05, 4.69) is 11.1 Å². The third-order valence-electron chi connectivity index (χ3n) is 6.58. The lowest BCUT2D eigenvalue weighted by Crippen LogP contribution is -2.48. The Bertz CT molecular complexity index is 1520. The number of carbonyl (C=O) groups is 1. The second kappa shape index (κ2) is 10.5. The molecular weight excluding hydrogens is 520 g/mol. The van der Waals surface area contributed by atoms with Gasteiger partial charge in [-0.2, -0.15) is 4.31 Å². The molecule has 2 unspecified atom stereocenters. The fraction of sp³-hybridized carbons (Fsp3) is 0.321. The largest absolute Gasteiger partial charge is 0.373 e. The van der Waals surface area contributed by atoms with Gasteiger partial charge in [-0.05, 0) is 75.2 Å². The van der Waals surface area contributed by atoms with Crippen LogP contribution in [0.1, 0.15) is 41.0 Å². The van der Waals surface area contributed by atoms with Crippen LogP contribution in [-0.2, 0) is 21.3 Å². The van der Waals surface area contributed by atoms with Gasteiger partial charge in [0.1, 0.15) is 0 Å². The molecule has 0 radical (unpaired) electrons. The van der Waals surface area contributed by atoms with Crippen LogP contribution in [0.4, 0.5) is 5.13 Å². The molecule has 1 aliphatic heterocycles. The number of carbonyl (C=O) groups excluding carboxylic acids is 1. The molecule has 2 atom stereocenters. The predicted molar refractivity (Wildman–Crippen MR) is 149 cm³/mol. The predicted octanol–water partition coefficient (Wildman–Crippen LogP) is 4.95. The minimum absolute atomic E-state index is 0.151. The van der Waals surface area contributed by atoms with Gasteiger partial charge in [-0.3, -0.25) is 14.7 Å². The number of benzene rings is 2. The Morgan fingerprint density at radius 3 is 2.34 bits per heavy atom. The van der Waals surface area contributed by atoms with E-state index in [9.17, 15) is 13.2 Å². The highest BCUT2D eigenvalue weighted by atomic mass is 32.2. The molecule has 5 rings (SSSR count). The minimum Gasteiger partial charge on any atom is -0.373 e. The molecule has 1 amide bonds. The zero-order chi connectivity index (χ0) is 27.0. The highest BCUT2D eigenvalue weighted by Gasteiger charge is 2.32. The first-order valence-electron chi connectivity index (χ1n) is 12.5. The molecule has 3 heterocycles. The fourth-order valence-electron chi connectivity index (χ4n) is 4.64. The van der Waals surface area contributed by atoms with Gasteiger partial charge in [0, 0.05) is 24.8 Å². The summed E-state index contributed by atoms with van der Waals surface area (Å²) in [4.78, 5) is 24.8. The van der Waals surface area contributed by atoms with Gasteiger partial charge in [0.2, 0.25) is 10.0 Å². The summed E-state index contributed by atoms with van der Waals surface area (Å²) in [5, 5.41) is 0.570. The smallest absolute Gasteiger partial charge is 0.260 e. The van der Waals surface area contributed by atoms with E-state index in [0.717, 1.165) is 27.0 Å². The van der Waals surface area contributed by atoms with Crippen molar-refractivity contribution in [1.29, 1.82) is 0 Å². The molecule has 38 heavy (non-hydrogen) atoms. The summed E-state index contributed by atoms with van der Waals surface area (Å²) in [6.45, 7) is 8.59. The Labute approximate surface area is 227 Å². The molecular formula is C28H30N4O4S2. The monoisotopic (exact) mass is 550 g/mol. The van der Waals surface area contributed by atoms with E-state index in [0.29, 0.717) is 23.8 Å². The van der Waals surface area contributed by atoms with E-state index in [1.807, 2.05) is 52.0 Å². The first kappa shape index (κ1) is 26.4. The van der Waals surface area contributed by atoms with Gasteiger partial charge < -0.3 is 4.74 Å². The lowest BCUT2D eigenvalue weighted by molar-refractivity contribution is -0.0440. The Hall–Kier alpha value is -3.18. The maximum Gasteiger partial charge on any atom is 0.260 e. The molecule has 198 valence electrons. The lowest BCUT2D eigenvalue weighted by Gasteiger charge is -2.34. The quantitative estimate of drug-likeness (QED) is 0.337. The lowest BCUT2D eigenvalue weighted by atomic mass is 10.1. The second-order valence-electron chi connectivity index (χ2n) is 9.69. The summed E-state index contributed by atoms with van der Waals surface area (Å²) in [5.74, 6) is -0.275. The van der Waals surface area contributed by atoms with Gasteiger partial charge >= 0.3 is 0 Å². The van der Waals surface area contributed by atoms with Gasteiger partial charge in [0.15, 0.2) is 5.13 Å². The molecule has 0 saturated carbocycles. The van der Waals surface area contributed by atoms with E-state index < -0.39 is 10.0 Å². The molecule has 0 N–H and O–H groups in total. The van der Waals surface area contributed by atoms with Crippen molar-refractivity contribution < 1.29 is 17.9 Å². The zero-order valence-corrected chi connectivity index (χ0v) is 23.4. The molecule has 8 nitrogen and oxygen atoms in total. The highest BCUT2D eigenvalue weighted by Crippen LogP contribution is 2.34. The summed E-state index contributed by atoms with van der Waals surface area (Å²) < 4.78 is 34.7. The van der Waals surface area contributed by atoms with E-state index in [4.69, 9.17) is 9.72 Å². The Morgan fingerprint density at radius 2 is 1.71 bits per heavy atom. The van der Waals surface area contributed by atoms with E-state index >= 15 is 0 Å². The number of aromatic nitrogens is 2. The molecule has 4 aromatic rings. The van der Waals surface area contributed by atoms with E-state index in [1.165, 1.54) is 27.8 Å². The van der Waals surface area contributed by atoms with Gasteiger partial charge in [-0.15, -0.1) is 0 Å². The molecule has 1 aliphatic rings. The molecule has 1 fully saturated rings. The van der Waals surface area contributed by atoms with Gasteiger partial charge in [-0.25, -0.2) is 13.4 Å². The third-order valence-corrected chi connectivity index (χ3v) is 9.64. The van der Waals surface area contributed by atoms with Crippen molar-refractivity contribution in [2.24, 2.45) is 0 Å². The van der Waals surface area contributed by atoms with Crippen molar-refractivity contribution in [3.63, 3.8) is 0 Å². The van der Waals surface area contributed by atoms with E-state index in [-0.39, 0.29) is 29.6 Å². The van der Waals surface area contributed by atoms with Crippen LogP contribution in [0.2, 0.25) is 0 Å². The minimum atomic E-state index is -3.71. The number of thiazole rings is 1. The van der Waals surface area contributed by atoms with Crippen LogP contribution in [0.25, 0.3) is 10.2 Å². The molecule has 2 aromatic heterocycles. The van der Waals surface area contributed by atoms with Crippen molar-refractivity contribution in [3.05, 3.63) is 83.2 Å². The van der Waals surface area contributed by atoms with Crippen LogP contribution in [0, 0.1) is 13.8 Å². The molecule has 1 saturated heterocycles. The van der Waals surface area contributed by atoms with Gasteiger partial charge in [0.25, 0.3) is 5.91 Å². The number of pyridine rings is 1. The van der Waals surface area contributed by atoms with Gasteiger partial charge in [0.05, 0.1) is 39.6 Å². The van der Waals surface area contributed by atoms with Crippen LogP contribution in [0.5, 0.6) is 0 Å². The van der Waals surface area contributed by atoms with Crippen molar-refractivity contribution >= 4 is 42.6 Å². The zero-order valence-electron chi connectivity index (χ0n) is 21.8. The molecule has 0 spiro atoms. The van der Waals surface area contributed by atoms with Crippen LogP contribution in [0.15, 0.2) is 65.7 Å². The van der Waals surface area contributed by atoms with E-state index in [1.54, 1.807) is 23.2 Å². The number of ether oxygens (including phenoxy) is 1. The Kier molecular flexibility index (Phi) is 7.32. The first-order valence-corrected chi connectivity index (χ1v) is 14.7.